The van der Waals surface area contributed by atoms with E-state index >= 15 is 0 Å². The maximum absolute atomic E-state index is 11.6. The summed E-state index contributed by atoms with van der Waals surface area (Å²) in [5.74, 6) is 0.133. The molecule has 20 heavy (non-hydrogen) atoms. The average Bonchev–Trinajstić information content (AvgIpc) is 2.76. The molecule has 1 aliphatic heterocycles. The highest BCUT2D eigenvalue weighted by Crippen LogP contribution is 2.27. The SMILES string of the molecule is CN1CCc2cc(CNCCS(=O)(=O)N(C)C)ccc21. The Balaban J connectivity index is 1.84. The Morgan fingerprint density at radius 3 is 2.80 bits per heavy atom. The highest BCUT2D eigenvalue weighted by molar-refractivity contribution is 7.89. The highest BCUT2D eigenvalue weighted by atomic mass is 32.2. The molecule has 6 heteroatoms. The maximum Gasteiger partial charge on any atom is 0.214 e. The summed E-state index contributed by atoms with van der Waals surface area (Å²) in [6, 6.07) is 6.47. The lowest BCUT2D eigenvalue weighted by Crippen LogP contribution is -2.31. The van der Waals surface area contributed by atoms with Crippen molar-refractivity contribution < 1.29 is 8.42 Å². The molecule has 0 fully saturated rings. The van der Waals surface area contributed by atoms with Crippen LogP contribution < -0.4 is 10.2 Å². The molecule has 1 aromatic carbocycles. The fourth-order valence-corrected chi connectivity index (χ4v) is 3.11. The molecular formula is C14H23N3O2S. The fourth-order valence-electron chi connectivity index (χ4n) is 2.35. The van der Waals surface area contributed by atoms with Gasteiger partial charge in [0.15, 0.2) is 0 Å². The number of hydrogen-bond donors (Lipinski definition) is 1. The van der Waals surface area contributed by atoms with Crippen LogP contribution in [-0.4, -0.2) is 52.7 Å². The smallest absolute Gasteiger partial charge is 0.214 e. The Morgan fingerprint density at radius 2 is 2.10 bits per heavy atom. The van der Waals surface area contributed by atoms with Crippen LogP contribution in [0.4, 0.5) is 5.69 Å². The molecule has 0 amide bonds. The van der Waals surface area contributed by atoms with Gasteiger partial charge in [-0.1, -0.05) is 12.1 Å². The summed E-state index contributed by atoms with van der Waals surface area (Å²) in [6.45, 7) is 2.25. The number of nitrogens with zero attached hydrogens (tertiary/aromatic N) is 2. The maximum atomic E-state index is 11.6. The molecule has 5 nitrogen and oxygen atoms in total. The summed E-state index contributed by atoms with van der Waals surface area (Å²) in [4.78, 5) is 2.26. The number of likely N-dealkylation sites (N-methyl/N-ethyl adjacent to an activating group) is 1. The van der Waals surface area contributed by atoms with Gasteiger partial charge in [0.25, 0.3) is 0 Å². The summed E-state index contributed by atoms with van der Waals surface area (Å²) in [6.07, 6.45) is 1.09. The van der Waals surface area contributed by atoms with Crippen LogP contribution in [0.3, 0.4) is 0 Å². The van der Waals surface area contributed by atoms with Crippen molar-refractivity contribution in [1.82, 2.24) is 9.62 Å². The monoisotopic (exact) mass is 297 g/mol. The van der Waals surface area contributed by atoms with Crippen LogP contribution in [0.25, 0.3) is 0 Å². The minimum absolute atomic E-state index is 0.133. The van der Waals surface area contributed by atoms with E-state index < -0.39 is 10.0 Å². The van der Waals surface area contributed by atoms with E-state index in [9.17, 15) is 8.42 Å². The van der Waals surface area contributed by atoms with Gasteiger partial charge >= 0.3 is 0 Å². The third kappa shape index (κ3) is 3.50. The van der Waals surface area contributed by atoms with E-state index in [1.165, 1.54) is 21.1 Å². The predicted molar refractivity (Wildman–Crippen MR) is 82.6 cm³/mol. The first-order valence-corrected chi connectivity index (χ1v) is 8.45. The van der Waals surface area contributed by atoms with Crippen LogP contribution in [-0.2, 0) is 23.0 Å². The van der Waals surface area contributed by atoms with Crippen molar-refractivity contribution in [2.75, 3.05) is 44.9 Å². The van der Waals surface area contributed by atoms with Gasteiger partial charge < -0.3 is 10.2 Å². The quantitative estimate of drug-likeness (QED) is 0.784. The highest BCUT2D eigenvalue weighted by Gasteiger charge is 2.15. The molecule has 0 atom stereocenters. The molecule has 0 aliphatic carbocycles. The lowest BCUT2D eigenvalue weighted by molar-refractivity contribution is 0.517. The molecule has 0 bridgehead atoms. The first kappa shape index (κ1) is 15.3. The number of rotatable bonds is 6. The molecule has 0 aromatic heterocycles. The van der Waals surface area contributed by atoms with E-state index in [1.54, 1.807) is 14.1 Å². The second-order valence-corrected chi connectivity index (χ2v) is 7.71. The molecular weight excluding hydrogens is 274 g/mol. The van der Waals surface area contributed by atoms with Crippen LogP contribution in [0, 0.1) is 0 Å². The molecule has 2 rings (SSSR count). The fraction of sp³-hybridized carbons (Fsp3) is 0.571. The Morgan fingerprint density at radius 1 is 1.35 bits per heavy atom. The minimum atomic E-state index is -3.11. The molecule has 0 saturated heterocycles. The van der Waals surface area contributed by atoms with E-state index in [4.69, 9.17) is 0 Å². The first-order chi connectivity index (χ1) is 9.40. The van der Waals surface area contributed by atoms with Crippen LogP contribution in [0.1, 0.15) is 11.1 Å². The van der Waals surface area contributed by atoms with E-state index in [2.05, 4.69) is 35.5 Å². The number of fused-ring (bicyclic) bond motifs is 1. The van der Waals surface area contributed by atoms with Crippen molar-refractivity contribution in [3.8, 4) is 0 Å². The lowest BCUT2D eigenvalue weighted by Gasteiger charge is -2.13. The normalized spacial score (nSPS) is 14.9. The van der Waals surface area contributed by atoms with Gasteiger partial charge in [0.05, 0.1) is 5.75 Å². The molecule has 1 aromatic rings. The number of anilines is 1. The zero-order chi connectivity index (χ0) is 14.8. The van der Waals surface area contributed by atoms with Crippen molar-refractivity contribution in [1.29, 1.82) is 0 Å². The molecule has 0 radical (unpaired) electrons. The van der Waals surface area contributed by atoms with Gasteiger partial charge in [0, 0.05) is 46.5 Å². The Hall–Kier alpha value is -1.11. The average molecular weight is 297 g/mol. The van der Waals surface area contributed by atoms with Gasteiger partial charge in [-0.25, -0.2) is 12.7 Å². The lowest BCUT2D eigenvalue weighted by atomic mass is 10.1. The third-order valence-corrected chi connectivity index (χ3v) is 5.53. The number of nitrogens with one attached hydrogen (secondary N) is 1. The van der Waals surface area contributed by atoms with Gasteiger partial charge in [-0.05, 0) is 23.6 Å². The Kier molecular flexibility index (Phi) is 4.67. The summed E-state index contributed by atoms with van der Waals surface area (Å²) < 4.78 is 24.5. The van der Waals surface area contributed by atoms with Gasteiger partial charge in [0.2, 0.25) is 10.0 Å². The van der Waals surface area contributed by atoms with E-state index in [0.717, 1.165) is 13.0 Å². The Bertz CT molecular complexity index is 570. The summed E-state index contributed by atoms with van der Waals surface area (Å²) in [5, 5.41) is 3.20. The second-order valence-electron chi connectivity index (χ2n) is 5.41. The van der Waals surface area contributed by atoms with Gasteiger partial charge in [-0.15, -0.1) is 0 Å². The molecule has 0 saturated carbocycles. The standard InChI is InChI=1S/C14H23N3O2S/c1-16(2)20(18,19)9-7-15-11-12-4-5-14-13(10-12)6-8-17(14)3/h4-5,10,15H,6-9,11H2,1-3H3. The first-order valence-electron chi connectivity index (χ1n) is 6.84. The summed E-state index contributed by atoms with van der Waals surface area (Å²) in [5.41, 5.74) is 3.90. The van der Waals surface area contributed by atoms with Crippen molar-refractivity contribution >= 4 is 15.7 Å². The molecule has 0 unspecified atom stereocenters. The summed E-state index contributed by atoms with van der Waals surface area (Å²) >= 11 is 0. The molecule has 1 N–H and O–H groups in total. The third-order valence-electron chi connectivity index (χ3n) is 3.69. The van der Waals surface area contributed by atoms with Crippen LogP contribution in [0.15, 0.2) is 18.2 Å². The van der Waals surface area contributed by atoms with Crippen LogP contribution in [0.5, 0.6) is 0 Å². The van der Waals surface area contributed by atoms with Crippen LogP contribution >= 0.6 is 0 Å². The topological polar surface area (TPSA) is 52.7 Å². The van der Waals surface area contributed by atoms with Gasteiger partial charge in [-0.2, -0.15) is 0 Å². The van der Waals surface area contributed by atoms with Crippen molar-refractivity contribution in [2.24, 2.45) is 0 Å². The molecule has 0 spiro atoms. The largest absolute Gasteiger partial charge is 0.374 e. The molecule has 1 heterocycles. The zero-order valence-corrected chi connectivity index (χ0v) is 13.2. The molecule has 1 aliphatic rings. The van der Waals surface area contributed by atoms with Gasteiger partial charge in [0.1, 0.15) is 0 Å². The van der Waals surface area contributed by atoms with Gasteiger partial charge in [-0.3, -0.25) is 0 Å². The number of benzene rings is 1. The number of sulfonamides is 1. The van der Waals surface area contributed by atoms with Crippen molar-refractivity contribution in [2.45, 2.75) is 13.0 Å². The van der Waals surface area contributed by atoms with Crippen molar-refractivity contribution in [3.63, 3.8) is 0 Å². The van der Waals surface area contributed by atoms with E-state index in [0.29, 0.717) is 13.1 Å². The molecule has 112 valence electrons. The van der Waals surface area contributed by atoms with Crippen molar-refractivity contribution in [3.05, 3.63) is 29.3 Å². The van der Waals surface area contributed by atoms with E-state index in [-0.39, 0.29) is 5.75 Å². The van der Waals surface area contributed by atoms with Crippen LogP contribution in [0.2, 0.25) is 0 Å². The predicted octanol–water partition coefficient (Wildman–Crippen LogP) is 0.660. The zero-order valence-electron chi connectivity index (χ0n) is 12.4. The number of hydrogen-bond acceptors (Lipinski definition) is 4. The second kappa shape index (κ2) is 6.11. The minimum Gasteiger partial charge on any atom is -0.374 e. The summed E-state index contributed by atoms with van der Waals surface area (Å²) in [7, 11) is 2.13. The van der Waals surface area contributed by atoms with E-state index in [1.807, 2.05) is 0 Å². The Labute approximate surface area is 121 Å².